The summed E-state index contributed by atoms with van der Waals surface area (Å²) >= 11 is 1.19. The number of piperidine rings is 3. The van der Waals surface area contributed by atoms with Crippen molar-refractivity contribution in [2.24, 2.45) is 5.92 Å². The van der Waals surface area contributed by atoms with Gasteiger partial charge in [-0.15, -0.1) is 0 Å². The molecular formula is C35H40F3N4O3S+. The Morgan fingerprint density at radius 3 is 2.24 bits per heavy atom. The Morgan fingerprint density at radius 1 is 0.913 bits per heavy atom. The number of imidazole rings is 1. The zero-order valence-electron chi connectivity index (χ0n) is 26.5. The zero-order chi connectivity index (χ0) is 32.3. The van der Waals surface area contributed by atoms with Gasteiger partial charge >= 0.3 is 0 Å². The fourth-order valence-electron chi connectivity index (χ4n) is 6.66. The maximum atomic E-state index is 15.3. The molecule has 0 N–H and O–H groups in total. The standard InChI is InChI=1S/C35H40F3N4O3S/c1-40(27-9-10-32(43-2)33(19-27)44-3)34-22-39-35(41(34)26-7-5-25(36)6-8-26)46-23-29-30(37)20-28(21-31(29)38)45-18-4-14-42-15-11-24(12-16-42)13-17-42/h5-10,19-22,24H,4,11-18,23H2,1-3H3/q+1. The number of hydrogen-bond donors (Lipinski definition) is 0. The monoisotopic (exact) mass is 653 g/mol. The highest BCUT2D eigenvalue weighted by Crippen LogP contribution is 2.38. The second-order valence-corrected chi connectivity index (χ2v) is 13.1. The van der Waals surface area contributed by atoms with Crippen molar-refractivity contribution in [3.05, 3.63) is 83.8 Å². The normalized spacial score (nSPS) is 18.9. The van der Waals surface area contributed by atoms with Gasteiger partial charge in [0.05, 0.1) is 53.2 Å². The quantitative estimate of drug-likeness (QED) is 0.0835. The minimum absolute atomic E-state index is 0.00331. The van der Waals surface area contributed by atoms with E-state index in [2.05, 4.69) is 4.98 Å². The number of quaternary nitrogens is 1. The highest BCUT2D eigenvalue weighted by Gasteiger charge is 2.39. The molecule has 2 bridgehead atoms. The zero-order valence-corrected chi connectivity index (χ0v) is 27.3. The minimum Gasteiger partial charge on any atom is -0.493 e. The Balaban J connectivity index is 1.17. The van der Waals surface area contributed by atoms with E-state index in [1.54, 1.807) is 38.6 Å². The summed E-state index contributed by atoms with van der Waals surface area (Å²) in [6.07, 6.45) is 6.48. The van der Waals surface area contributed by atoms with Crippen molar-refractivity contribution in [3.8, 4) is 22.9 Å². The third kappa shape index (κ3) is 6.80. The maximum Gasteiger partial charge on any atom is 0.174 e. The van der Waals surface area contributed by atoms with Crippen LogP contribution in [0.3, 0.4) is 0 Å². The third-order valence-corrected chi connectivity index (χ3v) is 10.4. The molecule has 7 nitrogen and oxygen atoms in total. The molecule has 4 heterocycles. The predicted molar refractivity (Wildman–Crippen MR) is 174 cm³/mol. The average Bonchev–Trinajstić information content (AvgIpc) is 3.50. The topological polar surface area (TPSA) is 48.8 Å². The summed E-state index contributed by atoms with van der Waals surface area (Å²) in [7, 11) is 5.00. The van der Waals surface area contributed by atoms with Crippen LogP contribution in [0.4, 0.5) is 24.7 Å². The van der Waals surface area contributed by atoms with Crippen LogP contribution in [0.1, 0.15) is 31.2 Å². The molecule has 3 saturated heterocycles. The SMILES string of the molecule is COc1ccc(N(C)c2cnc(SCc3c(F)cc(OCCC[N+]45CCC(CC4)CC5)cc3F)n2-c2ccc(F)cc2)cc1OC. The molecule has 3 aromatic carbocycles. The number of anilines is 2. The Bertz CT molecular complexity index is 1620. The van der Waals surface area contributed by atoms with E-state index in [0.29, 0.717) is 34.8 Å². The first-order valence-corrected chi connectivity index (χ1v) is 16.7. The van der Waals surface area contributed by atoms with Gasteiger partial charge in [-0.25, -0.2) is 18.2 Å². The van der Waals surface area contributed by atoms with Crippen LogP contribution < -0.4 is 19.1 Å². The molecule has 244 valence electrons. The smallest absolute Gasteiger partial charge is 0.174 e. The van der Waals surface area contributed by atoms with E-state index in [1.165, 1.54) is 74.9 Å². The predicted octanol–water partition coefficient (Wildman–Crippen LogP) is 7.77. The lowest BCUT2D eigenvalue weighted by Gasteiger charge is -2.49. The Hall–Kier alpha value is -3.83. The fourth-order valence-corrected chi connectivity index (χ4v) is 7.67. The van der Waals surface area contributed by atoms with Gasteiger partial charge in [0.15, 0.2) is 16.7 Å². The van der Waals surface area contributed by atoms with Gasteiger partial charge in [-0.3, -0.25) is 4.57 Å². The molecule has 0 atom stereocenters. The van der Waals surface area contributed by atoms with Crippen molar-refractivity contribution in [2.45, 2.75) is 36.6 Å². The van der Waals surface area contributed by atoms with Crippen LogP contribution in [0.2, 0.25) is 0 Å². The first kappa shape index (κ1) is 32.1. The summed E-state index contributed by atoms with van der Waals surface area (Å²) in [5.41, 5.74) is 1.37. The third-order valence-electron chi connectivity index (χ3n) is 9.43. The van der Waals surface area contributed by atoms with Crippen LogP contribution in [-0.4, -0.2) is 68.1 Å². The molecule has 0 aliphatic carbocycles. The molecule has 0 amide bonds. The lowest BCUT2D eigenvalue weighted by molar-refractivity contribution is -0.942. The number of aromatic nitrogens is 2. The van der Waals surface area contributed by atoms with Crippen LogP contribution in [0, 0.1) is 23.4 Å². The average molecular weight is 654 g/mol. The van der Waals surface area contributed by atoms with E-state index in [9.17, 15) is 4.39 Å². The Kier molecular flexibility index (Phi) is 9.70. The van der Waals surface area contributed by atoms with Gasteiger partial charge in [0.1, 0.15) is 29.0 Å². The van der Waals surface area contributed by atoms with Gasteiger partial charge in [-0.1, -0.05) is 11.8 Å². The molecular weight excluding hydrogens is 613 g/mol. The lowest BCUT2D eigenvalue weighted by atomic mass is 9.85. The second-order valence-electron chi connectivity index (χ2n) is 12.1. The molecule has 0 spiro atoms. The van der Waals surface area contributed by atoms with Crippen LogP contribution in [-0.2, 0) is 5.75 Å². The molecule has 3 aliphatic heterocycles. The van der Waals surface area contributed by atoms with Crippen molar-refractivity contribution in [2.75, 3.05) is 59.0 Å². The summed E-state index contributed by atoms with van der Waals surface area (Å²) in [6, 6.07) is 14.0. The van der Waals surface area contributed by atoms with Crippen molar-refractivity contribution >= 4 is 23.3 Å². The Labute approximate surface area is 272 Å². The number of hydrogen-bond acceptors (Lipinski definition) is 6. The Morgan fingerprint density at radius 2 is 1.59 bits per heavy atom. The number of fused-ring (bicyclic) bond motifs is 3. The first-order chi connectivity index (χ1) is 22.3. The van der Waals surface area contributed by atoms with Crippen molar-refractivity contribution in [3.63, 3.8) is 0 Å². The van der Waals surface area contributed by atoms with Crippen molar-refractivity contribution in [1.29, 1.82) is 0 Å². The number of halogens is 3. The summed E-state index contributed by atoms with van der Waals surface area (Å²) < 4.78 is 64.0. The largest absolute Gasteiger partial charge is 0.493 e. The minimum atomic E-state index is -0.662. The van der Waals surface area contributed by atoms with E-state index < -0.39 is 11.6 Å². The second kappa shape index (κ2) is 13.9. The molecule has 3 aliphatic rings. The number of methoxy groups -OCH3 is 2. The molecule has 3 fully saturated rings. The lowest BCUT2D eigenvalue weighted by Crippen LogP contribution is -2.58. The highest BCUT2D eigenvalue weighted by molar-refractivity contribution is 7.98. The van der Waals surface area contributed by atoms with Crippen LogP contribution >= 0.6 is 11.8 Å². The molecule has 7 rings (SSSR count). The van der Waals surface area contributed by atoms with Crippen LogP contribution in [0.5, 0.6) is 17.2 Å². The number of nitrogens with zero attached hydrogens (tertiary/aromatic N) is 4. The van der Waals surface area contributed by atoms with E-state index in [4.69, 9.17) is 14.2 Å². The van der Waals surface area contributed by atoms with E-state index in [-0.39, 0.29) is 22.9 Å². The number of thioether (sulfide) groups is 1. The van der Waals surface area contributed by atoms with Crippen LogP contribution in [0.15, 0.2) is 66.0 Å². The van der Waals surface area contributed by atoms with Crippen LogP contribution in [0.25, 0.3) is 5.69 Å². The van der Waals surface area contributed by atoms with E-state index >= 15 is 8.78 Å². The first-order valence-electron chi connectivity index (χ1n) is 15.7. The van der Waals surface area contributed by atoms with E-state index in [1.807, 2.05) is 28.6 Å². The molecule has 11 heteroatoms. The molecule has 0 unspecified atom stereocenters. The van der Waals surface area contributed by atoms with Gasteiger partial charge in [0.2, 0.25) is 0 Å². The maximum absolute atomic E-state index is 15.3. The van der Waals surface area contributed by atoms with Gasteiger partial charge in [0, 0.05) is 54.4 Å². The fraction of sp³-hybridized carbons (Fsp3) is 0.400. The highest BCUT2D eigenvalue weighted by atomic mass is 32.2. The van der Waals surface area contributed by atoms with Gasteiger partial charge < -0.3 is 23.6 Å². The summed E-state index contributed by atoms with van der Waals surface area (Å²) in [5.74, 6) is 1.22. The number of rotatable bonds is 13. The number of benzene rings is 3. The molecule has 0 radical (unpaired) electrons. The van der Waals surface area contributed by atoms with E-state index in [0.717, 1.165) is 29.1 Å². The van der Waals surface area contributed by atoms with Gasteiger partial charge in [0.25, 0.3) is 0 Å². The molecule has 4 aromatic rings. The van der Waals surface area contributed by atoms with Gasteiger partial charge in [-0.2, -0.15) is 0 Å². The summed E-state index contributed by atoms with van der Waals surface area (Å²) in [4.78, 5) is 6.49. The summed E-state index contributed by atoms with van der Waals surface area (Å²) in [5, 5.41) is 0.488. The van der Waals surface area contributed by atoms with Gasteiger partial charge in [-0.05, 0) is 61.6 Å². The number of ether oxygens (including phenoxy) is 3. The summed E-state index contributed by atoms with van der Waals surface area (Å²) in [6.45, 7) is 5.22. The van der Waals surface area contributed by atoms with Crippen molar-refractivity contribution < 1.29 is 31.9 Å². The van der Waals surface area contributed by atoms with Crippen molar-refractivity contribution in [1.82, 2.24) is 9.55 Å². The molecule has 0 saturated carbocycles. The molecule has 1 aromatic heterocycles. The molecule has 46 heavy (non-hydrogen) atoms.